The molecule has 1 atom stereocenters. The molecule has 0 bridgehead atoms. The zero-order valence-corrected chi connectivity index (χ0v) is 14.4. The van der Waals surface area contributed by atoms with Crippen LogP contribution in [-0.4, -0.2) is 53.1 Å². The first-order chi connectivity index (χ1) is 10.7. The predicted molar refractivity (Wildman–Crippen MR) is 95.9 cm³/mol. The molecule has 1 unspecified atom stereocenters. The van der Waals surface area contributed by atoms with Gasteiger partial charge in [0.05, 0.1) is 0 Å². The Kier molecular flexibility index (Phi) is 6.90. The molecule has 22 heavy (non-hydrogen) atoms. The molecule has 4 nitrogen and oxygen atoms in total. The number of hydrogen-bond donors (Lipinski definition) is 2. The molecule has 0 saturated carbocycles. The highest BCUT2D eigenvalue weighted by atomic mass is 32.2. The monoisotopic (exact) mass is 321 g/mol. The van der Waals surface area contributed by atoms with Crippen LogP contribution in [0, 0.1) is 0 Å². The van der Waals surface area contributed by atoms with Crippen molar-refractivity contribution in [3.05, 3.63) is 29.8 Å². The highest BCUT2D eigenvalue weighted by Crippen LogP contribution is 2.21. The Bertz CT molecular complexity index is 493. The zero-order chi connectivity index (χ0) is 15.8. The molecular formula is C17H27N3OS. The fraction of sp³-hybridized carbons (Fsp3) is 0.588. The number of phenols is 1. The number of hydrogen-bond acceptors (Lipinski definition) is 3. The van der Waals surface area contributed by atoms with Crippen molar-refractivity contribution >= 4 is 17.7 Å². The summed E-state index contributed by atoms with van der Waals surface area (Å²) in [4.78, 5) is 7.16. The van der Waals surface area contributed by atoms with Crippen molar-refractivity contribution in [3.8, 4) is 5.75 Å². The smallest absolute Gasteiger partial charge is 0.193 e. The number of benzene rings is 1. The Morgan fingerprint density at radius 2 is 2.32 bits per heavy atom. The van der Waals surface area contributed by atoms with Gasteiger partial charge in [-0.1, -0.05) is 19.1 Å². The quantitative estimate of drug-likeness (QED) is 0.647. The van der Waals surface area contributed by atoms with Gasteiger partial charge in [0, 0.05) is 37.2 Å². The van der Waals surface area contributed by atoms with E-state index in [9.17, 15) is 5.11 Å². The van der Waals surface area contributed by atoms with E-state index in [-0.39, 0.29) is 0 Å². The number of aromatic hydroxyl groups is 1. The number of phenolic OH excluding ortho intramolecular Hbond substituents is 1. The van der Waals surface area contributed by atoms with Gasteiger partial charge >= 0.3 is 0 Å². The van der Waals surface area contributed by atoms with Crippen LogP contribution in [0.15, 0.2) is 29.3 Å². The van der Waals surface area contributed by atoms with Gasteiger partial charge in [-0.2, -0.15) is 11.8 Å². The Morgan fingerprint density at radius 3 is 3.05 bits per heavy atom. The number of aliphatic imine (C=N–C) groups is 1. The van der Waals surface area contributed by atoms with E-state index < -0.39 is 0 Å². The molecule has 2 N–H and O–H groups in total. The minimum atomic E-state index is 0.326. The van der Waals surface area contributed by atoms with Gasteiger partial charge in [-0.05, 0) is 37.5 Å². The van der Waals surface area contributed by atoms with Gasteiger partial charge in [0.1, 0.15) is 5.75 Å². The van der Waals surface area contributed by atoms with Crippen LogP contribution in [0.5, 0.6) is 5.75 Å². The SMILES string of the molecule is CCNC(=NCCc1cccc(O)c1)N1CCSC(CC)C1. The van der Waals surface area contributed by atoms with Crippen LogP contribution < -0.4 is 5.32 Å². The molecule has 1 aromatic carbocycles. The largest absolute Gasteiger partial charge is 0.508 e. The van der Waals surface area contributed by atoms with Crippen LogP contribution in [0.1, 0.15) is 25.8 Å². The summed E-state index contributed by atoms with van der Waals surface area (Å²) in [6.07, 6.45) is 2.06. The van der Waals surface area contributed by atoms with E-state index >= 15 is 0 Å². The second kappa shape index (κ2) is 8.93. The van der Waals surface area contributed by atoms with E-state index in [1.165, 1.54) is 12.2 Å². The van der Waals surface area contributed by atoms with Gasteiger partial charge in [-0.25, -0.2) is 0 Å². The lowest BCUT2D eigenvalue weighted by molar-refractivity contribution is 0.408. The third-order valence-corrected chi connectivity index (χ3v) is 5.17. The fourth-order valence-corrected chi connectivity index (χ4v) is 3.77. The first kappa shape index (κ1) is 17.0. The Morgan fingerprint density at radius 1 is 1.45 bits per heavy atom. The van der Waals surface area contributed by atoms with E-state index in [0.717, 1.165) is 44.1 Å². The van der Waals surface area contributed by atoms with Crippen molar-refractivity contribution in [1.29, 1.82) is 0 Å². The molecule has 1 saturated heterocycles. The second-order valence-electron chi connectivity index (χ2n) is 5.50. The highest BCUT2D eigenvalue weighted by Gasteiger charge is 2.21. The van der Waals surface area contributed by atoms with Crippen molar-refractivity contribution in [3.63, 3.8) is 0 Å². The summed E-state index contributed by atoms with van der Waals surface area (Å²) in [5.41, 5.74) is 1.13. The molecule has 1 fully saturated rings. The highest BCUT2D eigenvalue weighted by molar-refractivity contribution is 8.00. The summed E-state index contributed by atoms with van der Waals surface area (Å²) in [5, 5.41) is 13.6. The third-order valence-electron chi connectivity index (χ3n) is 3.80. The predicted octanol–water partition coefficient (Wildman–Crippen LogP) is 2.73. The van der Waals surface area contributed by atoms with Crippen LogP contribution in [0.3, 0.4) is 0 Å². The molecule has 0 aromatic heterocycles. The molecule has 1 aliphatic rings. The summed E-state index contributed by atoms with van der Waals surface area (Å²) in [5.74, 6) is 2.53. The lowest BCUT2D eigenvalue weighted by Gasteiger charge is -2.34. The number of rotatable bonds is 5. The molecule has 122 valence electrons. The molecule has 2 rings (SSSR count). The van der Waals surface area contributed by atoms with Crippen LogP contribution in [0.25, 0.3) is 0 Å². The first-order valence-corrected chi connectivity index (χ1v) is 9.20. The molecule has 0 spiro atoms. The number of nitrogens with zero attached hydrogens (tertiary/aromatic N) is 2. The maximum absolute atomic E-state index is 9.51. The summed E-state index contributed by atoms with van der Waals surface area (Å²) in [7, 11) is 0. The molecule has 0 amide bonds. The normalized spacial score (nSPS) is 19.3. The van der Waals surface area contributed by atoms with Crippen LogP contribution >= 0.6 is 11.8 Å². The lowest BCUT2D eigenvalue weighted by atomic mass is 10.1. The molecular weight excluding hydrogens is 294 g/mol. The van der Waals surface area contributed by atoms with Crippen LogP contribution in [0.2, 0.25) is 0 Å². The van der Waals surface area contributed by atoms with Gasteiger partial charge in [0.15, 0.2) is 5.96 Å². The molecule has 0 aliphatic carbocycles. The lowest BCUT2D eigenvalue weighted by Crippen LogP contribution is -2.48. The van der Waals surface area contributed by atoms with Gasteiger partial charge in [0.25, 0.3) is 0 Å². The Balaban J connectivity index is 1.94. The van der Waals surface area contributed by atoms with Crippen molar-refractivity contribution in [2.24, 2.45) is 4.99 Å². The first-order valence-electron chi connectivity index (χ1n) is 8.15. The topological polar surface area (TPSA) is 47.9 Å². The Hall–Kier alpha value is -1.36. The van der Waals surface area contributed by atoms with Gasteiger partial charge in [-0.15, -0.1) is 0 Å². The summed E-state index contributed by atoms with van der Waals surface area (Å²) in [6.45, 7) is 8.16. The average Bonchev–Trinajstić information content (AvgIpc) is 2.54. The molecule has 1 aliphatic heterocycles. The minimum absolute atomic E-state index is 0.326. The number of guanidine groups is 1. The van der Waals surface area contributed by atoms with Crippen molar-refractivity contribution in [2.75, 3.05) is 31.9 Å². The fourth-order valence-electron chi connectivity index (χ4n) is 2.59. The minimum Gasteiger partial charge on any atom is -0.508 e. The van der Waals surface area contributed by atoms with Crippen molar-refractivity contribution < 1.29 is 5.11 Å². The number of nitrogens with one attached hydrogen (secondary N) is 1. The number of thioether (sulfide) groups is 1. The average molecular weight is 321 g/mol. The van der Waals surface area contributed by atoms with Gasteiger partial charge in [-0.3, -0.25) is 4.99 Å². The van der Waals surface area contributed by atoms with Gasteiger partial charge in [0.2, 0.25) is 0 Å². The maximum Gasteiger partial charge on any atom is 0.193 e. The molecule has 1 aromatic rings. The van der Waals surface area contributed by atoms with Gasteiger partial charge < -0.3 is 15.3 Å². The van der Waals surface area contributed by atoms with Crippen LogP contribution in [-0.2, 0) is 6.42 Å². The van der Waals surface area contributed by atoms with Crippen molar-refractivity contribution in [2.45, 2.75) is 31.9 Å². The summed E-state index contributed by atoms with van der Waals surface area (Å²) < 4.78 is 0. The van der Waals surface area contributed by atoms with Crippen molar-refractivity contribution in [1.82, 2.24) is 10.2 Å². The third kappa shape index (κ3) is 5.13. The molecule has 1 heterocycles. The maximum atomic E-state index is 9.51. The van der Waals surface area contributed by atoms with Crippen LogP contribution in [0.4, 0.5) is 0 Å². The van der Waals surface area contributed by atoms with E-state index in [1.807, 2.05) is 18.2 Å². The van der Waals surface area contributed by atoms with E-state index in [2.05, 4.69) is 35.8 Å². The standard InChI is InChI=1S/C17H27N3OS/c1-3-16-13-20(10-11-22-16)17(18-4-2)19-9-8-14-6-5-7-15(21)12-14/h5-7,12,16,21H,3-4,8-11,13H2,1-2H3,(H,18,19). The molecule has 5 heteroatoms. The van der Waals surface area contributed by atoms with E-state index in [1.54, 1.807) is 6.07 Å². The molecule has 0 radical (unpaired) electrons. The Labute approximate surface area is 138 Å². The van der Waals surface area contributed by atoms with E-state index in [4.69, 9.17) is 4.99 Å². The van der Waals surface area contributed by atoms with E-state index in [0.29, 0.717) is 11.0 Å². The zero-order valence-electron chi connectivity index (χ0n) is 13.6. The summed E-state index contributed by atoms with van der Waals surface area (Å²) in [6, 6.07) is 7.43. The summed E-state index contributed by atoms with van der Waals surface area (Å²) >= 11 is 2.07. The second-order valence-corrected chi connectivity index (χ2v) is 6.91.